The van der Waals surface area contributed by atoms with E-state index in [1.807, 2.05) is 6.92 Å². The van der Waals surface area contributed by atoms with Crippen LogP contribution in [-0.4, -0.2) is 73.2 Å². The summed E-state index contributed by atoms with van der Waals surface area (Å²) in [7, 11) is -1.50. The van der Waals surface area contributed by atoms with Crippen molar-refractivity contribution in [3.8, 4) is 0 Å². The minimum absolute atomic E-state index is 0.120. The van der Waals surface area contributed by atoms with Crippen molar-refractivity contribution in [2.75, 3.05) is 6.54 Å². The van der Waals surface area contributed by atoms with Gasteiger partial charge in [0.05, 0.1) is 23.5 Å². The summed E-state index contributed by atoms with van der Waals surface area (Å²) in [5, 5.41) is 39.5. The summed E-state index contributed by atoms with van der Waals surface area (Å²) < 4.78 is 0. The smallest absolute Gasteiger partial charge is 0.475 e. The molecule has 8 nitrogen and oxygen atoms in total. The van der Waals surface area contributed by atoms with Gasteiger partial charge in [-0.2, -0.15) is 0 Å². The fourth-order valence-corrected chi connectivity index (χ4v) is 15.1. The lowest BCUT2D eigenvalue weighted by Gasteiger charge is -2.69. The van der Waals surface area contributed by atoms with E-state index in [4.69, 9.17) is 17.3 Å². The van der Waals surface area contributed by atoms with Crippen molar-refractivity contribution in [3.63, 3.8) is 0 Å². The number of halogens is 1. The Balaban J connectivity index is 0.000000162. The molecule has 9 aliphatic rings. The molecule has 0 aromatic rings. The number of alkyl halides is 1. The minimum Gasteiger partial charge on any atom is -0.481 e. The largest absolute Gasteiger partial charge is 0.481 e. The molecule has 9 fully saturated rings. The molecule has 1 heterocycles. The molecule has 0 aromatic carbocycles. The van der Waals surface area contributed by atoms with E-state index in [0.29, 0.717) is 19.4 Å². The van der Waals surface area contributed by atoms with Gasteiger partial charge in [0.2, 0.25) is 5.91 Å². The second-order valence-corrected chi connectivity index (χ2v) is 19.5. The van der Waals surface area contributed by atoms with Crippen molar-refractivity contribution in [2.45, 2.75) is 147 Å². The Bertz CT molecular complexity index is 1090. The summed E-state index contributed by atoms with van der Waals surface area (Å²) in [6.07, 6.45) is 12.9. The molecule has 9 rings (SSSR count). The third-order valence-corrected chi connectivity index (χ3v) is 13.7. The van der Waals surface area contributed by atoms with Gasteiger partial charge in [0, 0.05) is 11.4 Å². The van der Waals surface area contributed by atoms with Crippen LogP contribution in [0, 0.1) is 38.4 Å². The van der Waals surface area contributed by atoms with Crippen LogP contribution in [0.4, 0.5) is 0 Å². The third kappa shape index (κ3) is 5.29. The monoisotopic (exact) mass is 620 g/mol. The Hall–Kier alpha value is -0.865. The molecule has 4 unspecified atom stereocenters. The Morgan fingerprint density at radius 3 is 1.74 bits per heavy atom. The molecule has 1 aliphatic heterocycles. The second-order valence-electron chi connectivity index (χ2n) is 18.7. The van der Waals surface area contributed by atoms with Crippen LogP contribution in [0.25, 0.3) is 0 Å². The first-order valence-corrected chi connectivity index (χ1v) is 17.0. The zero-order chi connectivity index (χ0) is 31.6. The first kappa shape index (κ1) is 32.1. The van der Waals surface area contributed by atoms with Gasteiger partial charge in [-0.15, -0.1) is 11.6 Å². The van der Waals surface area contributed by atoms with Gasteiger partial charge in [-0.05, 0) is 122 Å². The summed E-state index contributed by atoms with van der Waals surface area (Å²) in [5.41, 5.74) is 6.17. The molecule has 8 aliphatic carbocycles. The molecule has 8 saturated carbocycles. The lowest BCUT2D eigenvalue weighted by molar-refractivity contribution is -0.238. The van der Waals surface area contributed by atoms with Crippen molar-refractivity contribution in [2.24, 2.45) is 44.1 Å². The van der Waals surface area contributed by atoms with Crippen LogP contribution in [-0.2, 0) is 9.59 Å². The number of carboxylic acid groups (broad SMARTS) is 1. The Kier molecular flexibility index (Phi) is 7.15. The predicted molar refractivity (Wildman–Crippen MR) is 166 cm³/mol. The number of amides is 1. The number of aliphatic carboxylic acids is 1. The van der Waals surface area contributed by atoms with E-state index in [9.17, 15) is 29.9 Å². The van der Waals surface area contributed by atoms with Crippen LogP contribution < -0.4 is 5.73 Å². The highest BCUT2D eigenvalue weighted by Crippen LogP contribution is 2.74. The van der Waals surface area contributed by atoms with Crippen LogP contribution >= 0.6 is 11.6 Å². The minimum atomic E-state index is -1.50. The van der Waals surface area contributed by atoms with Gasteiger partial charge < -0.3 is 30.9 Å². The van der Waals surface area contributed by atoms with E-state index in [1.165, 1.54) is 6.42 Å². The fraction of sp³-hybridized carbons (Fsp3) is 0.939. The molecule has 8 bridgehead atoms. The van der Waals surface area contributed by atoms with Gasteiger partial charge in [-0.1, -0.05) is 34.6 Å². The maximum atomic E-state index is 13.2. The molecule has 7 atom stereocenters. The molecule has 10 heteroatoms. The number of hydrogen-bond acceptors (Lipinski definition) is 6. The standard InChI is InChI=1S/C18H30BClN2O3.C15H24O3/c1-15-6-16(2)8-17(7-15,11-18(20,9-15)10-16)13(21)14(23)22-5-3-4-12(22)19(24)25;1-10(11(16)17)14-5-12(2)4-13(3,6-14)8-15(18,7-12)9-14/h12-13,24-25H,3-11,21H2,1-2H3;10,18H,4-9H2,1-3H3,(H,16,17)/t12-,13+,15?,16?,17?,18?;10-,12?,13?,14?,15?/m01/s1. The Morgan fingerprint density at radius 2 is 1.30 bits per heavy atom. The van der Waals surface area contributed by atoms with Gasteiger partial charge in [0.15, 0.2) is 0 Å². The van der Waals surface area contributed by atoms with Crippen LogP contribution in [0.1, 0.15) is 125 Å². The van der Waals surface area contributed by atoms with Crippen molar-refractivity contribution in [1.29, 1.82) is 0 Å². The number of carbonyl (C=O) groups excluding carboxylic acids is 1. The fourth-order valence-electron chi connectivity index (χ4n) is 14.2. The molecule has 0 spiro atoms. The number of nitrogens with zero attached hydrogens (tertiary/aromatic N) is 1. The molecular formula is C33H54BClN2O6. The van der Waals surface area contributed by atoms with Crippen LogP contribution in [0.15, 0.2) is 0 Å². The topological polar surface area (TPSA) is 144 Å². The molecule has 6 N–H and O–H groups in total. The summed E-state index contributed by atoms with van der Waals surface area (Å²) in [4.78, 5) is 26.0. The molecule has 242 valence electrons. The zero-order valence-electron chi connectivity index (χ0n) is 26.9. The maximum Gasteiger partial charge on any atom is 0.475 e. The SMILES string of the molecule is CC12CC3(C)CC(Cl)(C1)CC([C@H](N)C(=O)N1CCC[C@H]1B(O)O)(C2)C3.C[C@H](C(=O)O)C12CC3(C)CC(C)(CC(O)(C3)C1)C2. The number of likely N-dealkylation sites (tertiary alicyclic amines) is 1. The molecule has 0 radical (unpaired) electrons. The van der Waals surface area contributed by atoms with E-state index in [0.717, 1.165) is 70.6 Å². The van der Waals surface area contributed by atoms with Gasteiger partial charge >= 0.3 is 13.1 Å². The van der Waals surface area contributed by atoms with Gasteiger partial charge in [-0.25, -0.2) is 0 Å². The summed E-state index contributed by atoms with van der Waals surface area (Å²) in [6, 6.07) is -0.607. The Morgan fingerprint density at radius 1 is 0.814 bits per heavy atom. The number of hydrogen-bond donors (Lipinski definition) is 5. The molecule has 0 aromatic heterocycles. The van der Waals surface area contributed by atoms with E-state index < -0.39 is 30.7 Å². The highest BCUT2D eigenvalue weighted by atomic mass is 35.5. The first-order valence-electron chi connectivity index (χ1n) is 16.7. The van der Waals surface area contributed by atoms with Crippen molar-refractivity contribution < 1.29 is 29.9 Å². The average Bonchev–Trinajstić information content (AvgIpc) is 3.27. The number of nitrogens with two attached hydrogens (primary N) is 1. The van der Waals surface area contributed by atoms with Crippen molar-refractivity contribution in [1.82, 2.24) is 4.90 Å². The van der Waals surface area contributed by atoms with Crippen molar-refractivity contribution >= 4 is 30.6 Å². The van der Waals surface area contributed by atoms with E-state index in [1.54, 1.807) is 4.90 Å². The predicted octanol–water partition coefficient (Wildman–Crippen LogP) is 4.49. The second kappa shape index (κ2) is 9.59. The van der Waals surface area contributed by atoms with Gasteiger partial charge in [0.25, 0.3) is 0 Å². The summed E-state index contributed by atoms with van der Waals surface area (Å²) in [5.74, 6) is -1.69. The number of aliphatic hydroxyl groups is 1. The van der Waals surface area contributed by atoms with Gasteiger partial charge in [0.1, 0.15) is 0 Å². The number of carboxylic acids is 1. The summed E-state index contributed by atoms with van der Waals surface area (Å²) in [6.45, 7) is 11.5. The Labute approximate surface area is 262 Å². The van der Waals surface area contributed by atoms with Crippen molar-refractivity contribution in [3.05, 3.63) is 0 Å². The average molecular weight is 621 g/mol. The first-order chi connectivity index (χ1) is 19.6. The lowest BCUT2D eigenvalue weighted by Crippen LogP contribution is -2.68. The van der Waals surface area contributed by atoms with E-state index in [-0.39, 0.29) is 49.2 Å². The van der Waals surface area contributed by atoms with E-state index >= 15 is 0 Å². The highest BCUT2D eigenvalue weighted by Gasteiger charge is 2.68. The van der Waals surface area contributed by atoms with Crippen LogP contribution in [0.5, 0.6) is 0 Å². The van der Waals surface area contributed by atoms with E-state index in [2.05, 4.69) is 27.7 Å². The normalized spacial score (nSPS) is 52.0. The third-order valence-electron chi connectivity index (χ3n) is 13.3. The van der Waals surface area contributed by atoms with Crippen LogP contribution in [0.2, 0.25) is 0 Å². The summed E-state index contributed by atoms with van der Waals surface area (Å²) >= 11 is 7.03. The maximum absolute atomic E-state index is 13.2. The number of rotatable bonds is 5. The molecule has 43 heavy (non-hydrogen) atoms. The molecule has 1 saturated heterocycles. The van der Waals surface area contributed by atoms with Crippen LogP contribution in [0.3, 0.4) is 0 Å². The zero-order valence-corrected chi connectivity index (χ0v) is 27.7. The molecular weight excluding hydrogens is 567 g/mol. The quantitative estimate of drug-likeness (QED) is 0.225. The van der Waals surface area contributed by atoms with Gasteiger partial charge in [-0.3, -0.25) is 9.59 Å². The highest BCUT2D eigenvalue weighted by molar-refractivity contribution is 6.43. The molecule has 1 amide bonds. The lowest BCUT2D eigenvalue weighted by atomic mass is 9.37. The number of carbonyl (C=O) groups is 2.